The SMILES string of the molecule is CC/C=C\Cc1ccc(C2=CCC(C3CCCC3)CC2)c(F)c1F. The van der Waals surface area contributed by atoms with Gasteiger partial charge in [-0.2, -0.15) is 0 Å². The van der Waals surface area contributed by atoms with Crippen molar-refractivity contribution in [1.82, 2.24) is 0 Å². The highest BCUT2D eigenvalue weighted by Crippen LogP contribution is 2.41. The van der Waals surface area contributed by atoms with Crippen molar-refractivity contribution in [1.29, 1.82) is 0 Å². The highest BCUT2D eigenvalue weighted by atomic mass is 19.2. The lowest BCUT2D eigenvalue weighted by Crippen LogP contribution is -2.14. The van der Waals surface area contributed by atoms with E-state index in [-0.39, 0.29) is 0 Å². The van der Waals surface area contributed by atoms with E-state index in [1.165, 1.54) is 25.7 Å². The van der Waals surface area contributed by atoms with Crippen molar-refractivity contribution < 1.29 is 8.78 Å². The lowest BCUT2D eigenvalue weighted by atomic mass is 9.78. The highest BCUT2D eigenvalue weighted by Gasteiger charge is 2.27. The first kappa shape index (κ1) is 17.4. The van der Waals surface area contributed by atoms with Crippen molar-refractivity contribution in [2.75, 3.05) is 0 Å². The van der Waals surface area contributed by atoms with Gasteiger partial charge in [-0.1, -0.05) is 63.0 Å². The van der Waals surface area contributed by atoms with E-state index in [1.807, 2.05) is 19.1 Å². The van der Waals surface area contributed by atoms with Gasteiger partial charge >= 0.3 is 0 Å². The summed E-state index contributed by atoms with van der Waals surface area (Å²) in [4.78, 5) is 0. The molecule has 1 saturated carbocycles. The minimum absolute atomic E-state index is 0.446. The predicted molar refractivity (Wildman–Crippen MR) is 96.8 cm³/mol. The molecule has 1 atom stereocenters. The molecular formula is C22H28F2. The molecule has 3 rings (SSSR count). The quantitative estimate of drug-likeness (QED) is 0.518. The molecule has 0 aliphatic heterocycles. The molecule has 0 heterocycles. The molecule has 1 fully saturated rings. The monoisotopic (exact) mass is 330 g/mol. The molecule has 2 heteroatoms. The van der Waals surface area contributed by atoms with Gasteiger partial charge in [-0.15, -0.1) is 0 Å². The number of hydrogen-bond acceptors (Lipinski definition) is 0. The summed E-state index contributed by atoms with van der Waals surface area (Å²) >= 11 is 0. The molecule has 0 bridgehead atoms. The van der Waals surface area contributed by atoms with Crippen molar-refractivity contribution >= 4 is 5.57 Å². The largest absolute Gasteiger partial charge is 0.203 e. The molecule has 24 heavy (non-hydrogen) atoms. The Morgan fingerprint density at radius 3 is 2.46 bits per heavy atom. The second-order valence-electron chi connectivity index (χ2n) is 7.29. The molecule has 0 radical (unpaired) electrons. The number of rotatable bonds is 5. The standard InChI is InChI=1S/C22H28F2/c1-2-3-4-9-19-14-15-20(22(24)21(19)23)18-12-10-17(11-13-18)16-7-5-6-8-16/h3-4,12,14-17H,2,5-11,13H2,1H3/b4-3-. The van der Waals surface area contributed by atoms with Crippen LogP contribution >= 0.6 is 0 Å². The van der Waals surface area contributed by atoms with E-state index in [0.29, 0.717) is 17.5 Å². The van der Waals surface area contributed by atoms with Crippen molar-refractivity contribution in [2.45, 2.75) is 64.7 Å². The fraction of sp³-hybridized carbons (Fsp3) is 0.545. The van der Waals surface area contributed by atoms with E-state index in [4.69, 9.17) is 0 Å². The van der Waals surface area contributed by atoms with Crippen molar-refractivity contribution in [3.05, 3.63) is 53.1 Å². The lowest BCUT2D eigenvalue weighted by Gasteiger charge is -2.27. The molecule has 0 amide bonds. The molecule has 1 aromatic carbocycles. The van der Waals surface area contributed by atoms with E-state index in [2.05, 4.69) is 6.08 Å². The molecule has 1 aromatic rings. The minimum atomic E-state index is -0.674. The summed E-state index contributed by atoms with van der Waals surface area (Å²) in [6.45, 7) is 2.03. The van der Waals surface area contributed by atoms with Gasteiger partial charge in [-0.05, 0) is 55.1 Å². The summed E-state index contributed by atoms with van der Waals surface area (Å²) in [5.74, 6) is 0.273. The van der Waals surface area contributed by atoms with Crippen LogP contribution in [0.1, 0.15) is 69.4 Å². The van der Waals surface area contributed by atoms with Gasteiger partial charge in [0, 0.05) is 5.56 Å². The van der Waals surface area contributed by atoms with E-state index in [1.54, 1.807) is 12.1 Å². The van der Waals surface area contributed by atoms with Gasteiger partial charge in [0.2, 0.25) is 0 Å². The predicted octanol–water partition coefficient (Wildman–Crippen LogP) is 6.85. The van der Waals surface area contributed by atoms with Gasteiger partial charge < -0.3 is 0 Å². The first-order valence-electron chi connectivity index (χ1n) is 9.52. The van der Waals surface area contributed by atoms with Crippen molar-refractivity contribution in [3.63, 3.8) is 0 Å². The van der Waals surface area contributed by atoms with Crippen LogP contribution in [0.4, 0.5) is 8.78 Å². The van der Waals surface area contributed by atoms with Crippen LogP contribution in [0.25, 0.3) is 5.57 Å². The summed E-state index contributed by atoms with van der Waals surface area (Å²) in [6.07, 6.45) is 15.9. The average Bonchev–Trinajstić information content (AvgIpc) is 3.14. The molecule has 0 saturated heterocycles. The van der Waals surface area contributed by atoms with Gasteiger partial charge in [0.25, 0.3) is 0 Å². The Morgan fingerprint density at radius 1 is 1.00 bits per heavy atom. The van der Waals surface area contributed by atoms with Gasteiger partial charge in [0.05, 0.1) is 0 Å². The summed E-state index contributed by atoms with van der Waals surface area (Å²) in [5.41, 5.74) is 1.91. The summed E-state index contributed by atoms with van der Waals surface area (Å²) in [5, 5.41) is 0. The molecular weight excluding hydrogens is 302 g/mol. The lowest BCUT2D eigenvalue weighted by molar-refractivity contribution is 0.317. The Labute approximate surface area is 144 Å². The Morgan fingerprint density at radius 2 is 1.79 bits per heavy atom. The Balaban J connectivity index is 1.73. The fourth-order valence-electron chi connectivity index (χ4n) is 4.33. The third kappa shape index (κ3) is 3.79. The van der Waals surface area contributed by atoms with Crippen molar-refractivity contribution in [3.8, 4) is 0 Å². The zero-order valence-electron chi connectivity index (χ0n) is 14.7. The fourth-order valence-corrected chi connectivity index (χ4v) is 4.33. The van der Waals surface area contributed by atoms with Gasteiger partial charge in [-0.3, -0.25) is 0 Å². The van der Waals surface area contributed by atoms with E-state index in [9.17, 15) is 8.78 Å². The Bertz CT molecular complexity index is 621. The van der Waals surface area contributed by atoms with Crippen LogP contribution in [-0.4, -0.2) is 0 Å². The first-order chi connectivity index (χ1) is 11.7. The molecule has 0 nitrogen and oxygen atoms in total. The molecule has 0 aromatic heterocycles. The van der Waals surface area contributed by atoms with Crippen LogP contribution in [0.15, 0.2) is 30.4 Å². The third-order valence-corrected chi connectivity index (χ3v) is 5.77. The summed E-state index contributed by atoms with van der Waals surface area (Å²) < 4.78 is 28.8. The second-order valence-corrected chi connectivity index (χ2v) is 7.29. The maximum absolute atomic E-state index is 14.5. The third-order valence-electron chi connectivity index (χ3n) is 5.77. The number of allylic oxidation sites excluding steroid dienone is 4. The Kier molecular flexibility index (Phi) is 5.86. The molecule has 0 spiro atoms. The van der Waals surface area contributed by atoms with E-state index < -0.39 is 11.6 Å². The first-order valence-corrected chi connectivity index (χ1v) is 9.52. The number of benzene rings is 1. The van der Waals surface area contributed by atoms with Crippen LogP contribution < -0.4 is 0 Å². The van der Waals surface area contributed by atoms with Gasteiger partial charge in [-0.25, -0.2) is 8.78 Å². The zero-order chi connectivity index (χ0) is 16.9. The molecule has 1 unspecified atom stereocenters. The van der Waals surface area contributed by atoms with Crippen LogP contribution in [0.2, 0.25) is 0 Å². The second kappa shape index (κ2) is 8.09. The van der Waals surface area contributed by atoms with Crippen LogP contribution in [-0.2, 0) is 6.42 Å². The maximum atomic E-state index is 14.5. The smallest absolute Gasteiger partial charge is 0.166 e. The van der Waals surface area contributed by atoms with E-state index >= 15 is 0 Å². The molecule has 130 valence electrons. The number of hydrogen-bond donors (Lipinski definition) is 0. The Hall–Kier alpha value is -1.44. The maximum Gasteiger partial charge on any atom is 0.166 e. The van der Waals surface area contributed by atoms with Crippen LogP contribution in [0, 0.1) is 23.5 Å². The zero-order valence-corrected chi connectivity index (χ0v) is 14.7. The molecule has 2 aliphatic rings. The number of halogens is 2. The van der Waals surface area contributed by atoms with Gasteiger partial charge in [0.1, 0.15) is 0 Å². The van der Waals surface area contributed by atoms with E-state index in [0.717, 1.165) is 43.1 Å². The normalized spacial score (nSPS) is 22.3. The minimum Gasteiger partial charge on any atom is -0.203 e. The summed E-state index contributed by atoms with van der Waals surface area (Å²) in [7, 11) is 0. The summed E-state index contributed by atoms with van der Waals surface area (Å²) in [6, 6.07) is 3.52. The molecule has 0 N–H and O–H groups in total. The van der Waals surface area contributed by atoms with Crippen LogP contribution in [0.5, 0.6) is 0 Å². The topological polar surface area (TPSA) is 0 Å². The van der Waals surface area contributed by atoms with Crippen molar-refractivity contribution in [2.24, 2.45) is 11.8 Å². The van der Waals surface area contributed by atoms with Gasteiger partial charge in [0.15, 0.2) is 11.6 Å². The highest BCUT2D eigenvalue weighted by molar-refractivity contribution is 5.67. The molecule has 2 aliphatic carbocycles. The average molecular weight is 330 g/mol. The van der Waals surface area contributed by atoms with Crippen LogP contribution in [0.3, 0.4) is 0 Å².